The van der Waals surface area contributed by atoms with E-state index < -0.39 is 27.9 Å². The number of sulfonamides is 1. The monoisotopic (exact) mass is 541 g/mol. The molecule has 2 aromatic carbocycles. The fraction of sp³-hybridized carbons (Fsp3) is 0.269. The summed E-state index contributed by atoms with van der Waals surface area (Å²) in [5, 5.41) is 5.30. The minimum absolute atomic E-state index is 0.0585. The molecule has 194 valence electrons. The Morgan fingerprint density at radius 1 is 1.03 bits per heavy atom. The highest BCUT2D eigenvalue weighted by molar-refractivity contribution is 7.92. The highest BCUT2D eigenvalue weighted by atomic mass is 32.2. The first-order valence-electron chi connectivity index (χ1n) is 11.8. The van der Waals surface area contributed by atoms with Gasteiger partial charge in [0.2, 0.25) is 0 Å². The summed E-state index contributed by atoms with van der Waals surface area (Å²) in [6.07, 6.45) is 1.40. The first-order valence-corrected chi connectivity index (χ1v) is 14.1. The van der Waals surface area contributed by atoms with Gasteiger partial charge in [0.25, 0.3) is 21.8 Å². The molecule has 0 spiro atoms. The van der Waals surface area contributed by atoms with Crippen LogP contribution < -0.4 is 15.4 Å². The van der Waals surface area contributed by atoms with Crippen LogP contribution in [0.15, 0.2) is 59.5 Å². The maximum atomic E-state index is 13.4. The van der Waals surface area contributed by atoms with Gasteiger partial charge in [-0.3, -0.25) is 19.6 Å². The third kappa shape index (κ3) is 6.00. The van der Waals surface area contributed by atoms with Crippen LogP contribution in [0.5, 0.6) is 0 Å². The minimum atomic E-state index is -3.93. The van der Waals surface area contributed by atoms with Crippen molar-refractivity contribution < 1.29 is 27.5 Å². The largest absolute Gasteiger partial charge is 0.450 e. The summed E-state index contributed by atoms with van der Waals surface area (Å²) in [6.45, 7) is 3.86. The van der Waals surface area contributed by atoms with Crippen molar-refractivity contribution in [3.8, 4) is 0 Å². The molecular formula is C26H27N3O6S2. The number of benzene rings is 2. The summed E-state index contributed by atoms with van der Waals surface area (Å²) >= 11 is 1.29. The lowest BCUT2D eigenvalue weighted by Crippen LogP contribution is -2.32. The Kier molecular flexibility index (Phi) is 7.94. The molecule has 1 unspecified atom stereocenters. The lowest BCUT2D eigenvalue weighted by atomic mass is 9.88. The maximum absolute atomic E-state index is 13.4. The first-order chi connectivity index (χ1) is 17.7. The van der Waals surface area contributed by atoms with Crippen LogP contribution in [-0.4, -0.2) is 32.9 Å². The van der Waals surface area contributed by atoms with Crippen molar-refractivity contribution in [2.24, 2.45) is 5.92 Å². The van der Waals surface area contributed by atoms with Gasteiger partial charge in [-0.25, -0.2) is 13.2 Å². The average molecular weight is 542 g/mol. The van der Waals surface area contributed by atoms with Crippen molar-refractivity contribution in [3.63, 3.8) is 0 Å². The summed E-state index contributed by atoms with van der Waals surface area (Å²) in [5.74, 6) is -0.828. The first kappa shape index (κ1) is 26.4. The number of hydrogen-bond acceptors (Lipinski definition) is 7. The third-order valence-electron chi connectivity index (χ3n) is 5.93. The molecular weight excluding hydrogens is 514 g/mol. The standard InChI is InChI=1S/C26H27N3O6S2/c1-3-35-26(32)28-24(31)22-19-14-13-16(2)15-21(19)36-25(22)27-23(30)18-11-7-8-12-20(18)29-37(33,34)17-9-5-4-6-10-17/h4-12,16,29H,3,13-15H2,1-2H3,(H,27,30)(H,28,31,32). The molecule has 0 radical (unpaired) electrons. The number of nitrogens with one attached hydrogen (secondary N) is 3. The Bertz CT molecular complexity index is 1430. The van der Waals surface area contributed by atoms with Crippen LogP contribution in [0.25, 0.3) is 0 Å². The van der Waals surface area contributed by atoms with Crippen LogP contribution >= 0.6 is 11.3 Å². The second kappa shape index (κ2) is 11.1. The van der Waals surface area contributed by atoms with Gasteiger partial charge in [-0.2, -0.15) is 0 Å². The normalized spacial score (nSPS) is 14.8. The van der Waals surface area contributed by atoms with E-state index in [0.717, 1.165) is 23.3 Å². The molecule has 11 heteroatoms. The smallest absolute Gasteiger partial charge is 0.414 e. The van der Waals surface area contributed by atoms with Crippen LogP contribution in [0.2, 0.25) is 0 Å². The summed E-state index contributed by atoms with van der Waals surface area (Å²) in [6, 6.07) is 14.0. The molecule has 9 nitrogen and oxygen atoms in total. The number of para-hydroxylation sites is 1. The van der Waals surface area contributed by atoms with E-state index in [9.17, 15) is 22.8 Å². The number of ether oxygens (including phenoxy) is 1. The Morgan fingerprint density at radius 3 is 2.46 bits per heavy atom. The summed E-state index contributed by atoms with van der Waals surface area (Å²) < 4.78 is 33.0. The van der Waals surface area contributed by atoms with E-state index in [0.29, 0.717) is 17.3 Å². The fourth-order valence-corrected chi connectivity index (χ4v) is 6.65. The maximum Gasteiger partial charge on any atom is 0.414 e. The molecule has 3 amide bonds. The average Bonchev–Trinajstić information content (AvgIpc) is 3.21. The SMILES string of the molecule is CCOC(=O)NC(=O)c1c(NC(=O)c2ccccc2NS(=O)(=O)c2ccccc2)sc2c1CCC(C)C2. The van der Waals surface area contributed by atoms with E-state index in [4.69, 9.17) is 4.74 Å². The summed E-state index contributed by atoms with van der Waals surface area (Å²) in [5.41, 5.74) is 1.21. The number of anilines is 2. The predicted octanol–water partition coefficient (Wildman–Crippen LogP) is 4.81. The number of carbonyl (C=O) groups excluding carboxylic acids is 3. The zero-order chi connectivity index (χ0) is 26.6. The van der Waals surface area contributed by atoms with E-state index in [2.05, 4.69) is 22.3 Å². The minimum Gasteiger partial charge on any atom is -0.450 e. The van der Waals surface area contributed by atoms with Crippen LogP contribution in [-0.2, 0) is 27.6 Å². The molecule has 1 aliphatic rings. The van der Waals surface area contributed by atoms with E-state index in [1.165, 1.54) is 35.6 Å². The number of rotatable bonds is 7. The van der Waals surface area contributed by atoms with Crippen LogP contribution in [0.4, 0.5) is 15.5 Å². The van der Waals surface area contributed by atoms with Crippen molar-refractivity contribution >= 4 is 50.0 Å². The molecule has 4 rings (SSSR count). The number of carbonyl (C=O) groups is 3. The van der Waals surface area contributed by atoms with E-state index in [1.54, 1.807) is 37.3 Å². The highest BCUT2D eigenvalue weighted by Gasteiger charge is 2.30. The van der Waals surface area contributed by atoms with E-state index in [1.807, 2.05) is 0 Å². The topological polar surface area (TPSA) is 131 Å². The second-order valence-corrected chi connectivity index (χ2v) is 11.4. The molecule has 3 aromatic rings. The molecule has 0 saturated heterocycles. The zero-order valence-electron chi connectivity index (χ0n) is 20.4. The van der Waals surface area contributed by atoms with Gasteiger partial charge in [0.05, 0.1) is 28.3 Å². The molecule has 3 N–H and O–H groups in total. The van der Waals surface area contributed by atoms with Crippen molar-refractivity contribution in [2.45, 2.75) is 38.0 Å². The summed E-state index contributed by atoms with van der Waals surface area (Å²) in [7, 11) is -3.93. The number of hydrogen-bond donors (Lipinski definition) is 3. The van der Waals surface area contributed by atoms with Gasteiger partial charge in [0.1, 0.15) is 5.00 Å². The molecule has 0 aliphatic heterocycles. The van der Waals surface area contributed by atoms with Crippen LogP contribution in [0, 0.1) is 5.92 Å². The van der Waals surface area contributed by atoms with Crippen molar-refractivity contribution in [1.29, 1.82) is 0 Å². The molecule has 1 heterocycles. The number of fused-ring (bicyclic) bond motifs is 1. The predicted molar refractivity (Wildman–Crippen MR) is 142 cm³/mol. The van der Waals surface area contributed by atoms with Crippen molar-refractivity contribution in [3.05, 3.63) is 76.2 Å². The Morgan fingerprint density at radius 2 is 1.73 bits per heavy atom. The van der Waals surface area contributed by atoms with E-state index >= 15 is 0 Å². The summed E-state index contributed by atoms with van der Waals surface area (Å²) in [4.78, 5) is 39.4. The fourth-order valence-electron chi connectivity index (χ4n) is 4.15. The second-order valence-electron chi connectivity index (χ2n) is 8.65. The van der Waals surface area contributed by atoms with Crippen molar-refractivity contribution in [1.82, 2.24) is 5.32 Å². The Hall–Kier alpha value is -3.70. The zero-order valence-corrected chi connectivity index (χ0v) is 22.0. The van der Waals surface area contributed by atoms with Crippen molar-refractivity contribution in [2.75, 3.05) is 16.6 Å². The van der Waals surface area contributed by atoms with Gasteiger partial charge in [-0.15, -0.1) is 11.3 Å². The number of alkyl carbamates (subject to hydrolysis) is 1. The molecule has 0 fully saturated rings. The van der Waals surface area contributed by atoms with Gasteiger partial charge in [-0.1, -0.05) is 37.3 Å². The number of imide groups is 1. The van der Waals surface area contributed by atoms with Gasteiger partial charge in [-0.05, 0) is 61.9 Å². The quantitative estimate of drug-likeness (QED) is 0.393. The lowest BCUT2D eigenvalue weighted by Gasteiger charge is -2.18. The Balaban J connectivity index is 1.64. The van der Waals surface area contributed by atoms with Gasteiger partial charge >= 0.3 is 6.09 Å². The van der Waals surface area contributed by atoms with Gasteiger partial charge in [0, 0.05) is 4.88 Å². The Labute approximate surface area is 219 Å². The number of thiophene rings is 1. The molecule has 1 atom stereocenters. The molecule has 0 saturated carbocycles. The van der Waals surface area contributed by atoms with E-state index in [-0.39, 0.29) is 28.3 Å². The molecule has 0 bridgehead atoms. The molecule has 1 aliphatic carbocycles. The highest BCUT2D eigenvalue weighted by Crippen LogP contribution is 2.40. The third-order valence-corrected chi connectivity index (χ3v) is 8.48. The molecule has 37 heavy (non-hydrogen) atoms. The van der Waals surface area contributed by atoms with Crippen LogP contribution in [0.1, 0.15) is 51.4 Å². The van der Waals surface area contributed by atoms with Gasteiger partial charge < -0.3 is 10.1 Å². The lowest BCUT2D eigenvalue weighted by molar-refractivity contribution is 0.0925. The van der Waals surface area contributed by atoms with Gasteiger partial charge in [0.15, 0.2) is 0 Å². The number of amides is 3. The molecule has 1 aromatic heterocycles. The van der Waals surface area contributed by atoms with Crippen LogP contribution in [0.3, 0.4) is 0 Å².